The van der Waals surface area contributed by atoms with Crippen LogP contribution < -0.4 is 9.88 Å². The summed E-state index contributed by atoms with van der Waals surface area (Å²) in [5.41, 5.74) is 0.776. The Kier molecular flexibility index (Phi) is 4.80. The van der Waals surface area contributed by atoms with Crippen molar-refractivity contribution < 1.29 is 13.2 Å². The third kappa shape index (κ3) is 4.41. The van der Waals surface area contributed by atoms with E-state index in [1.165, 1.54) is 0 Å². The maximum atomic E-state index is 11.3. The quantitative estimate of drug-likeness (QED) is 0.886. The lowest BCUT2D eigenvalue weighted by Gasteiger charge is -2.20. The normalized spacial score (nSPS) is 13.5. The van der Waals surface area contributed by atoms with Gasteiger partial charge in [-0.3, -0.25) is 4.98 Å². The summed E-state index contributed by atoms with van der Waals surface area (Å²) in [6, 6.07) is 9.51. The van der Waals surface area contributed by atoms with Gasteiger partial charge in [-0.25, -0.2) is 13.6 Å². The molecule has 1 heterocycles. The molecule has 21 heavy (non-hydrogen) atoms. The van der Waals surface area contributed by atoms with Crippen LogP contribution in [0.15, 0.2) is 36.5 Å². The predicted molar refractivity (Wildman–Crippen MR) is 83.5 cm³/mol. The molecule has 0 spiro atoms. The van der Waals surface area contributed by atoms with E-state index in [1.54, 1.807) is 6.20 Å². The van der Waals surface area contributed by atoms with E-state index in [9.17, 15) is 8.42 Å². The average Bonchev–Trinajstić information content (AvgIpc) is 2.42. The van der Waals surface area contributed by atoms with E-state index in [-0.39, 0.29) is 17.6 Å². The van der Waals surface area contributed by atoms with Crippen LogP contribution >= 0.6 is 0 Å². The molecule has 1 aromatic carbocycles. The summed E-state index contributed by atoms with van der Waals surface area (Å²) < 4.78 is 28.4. The molecule has 5 nitrogen and oxygen atoms in total. The Morgan fingerprint density at radius 2 is 1.95 bits per heavy atom. The summed E-state index contributed by atoms with van der Waals surface area (Å²) in [6.07, 6.45) is 1.71. The summed E-state index contributed by atoms with van der Waals surface area (Å²) in [5, 5.41) is 6.13. The number of nitrogens with two attached hydrogens (primary N) is 1. The topological polar surface area (TPSA) is 82.3 Å². The molecule has 0 fully saturated rings. The van der Waals surface area contributed by atoms with Crippen LogP contribution in [0.5, 0.6) is 5.75 Å². The van der Waals surface area contributed by atoms with Crippen molar-refractivity contribution in [1.82, 2.24) is 4.98 Å². The van der Waals surface area contributed by atoms with E-state index >= 15 is 0 Å². The van der Waals surface area contributed by atoms with E-state index < -0.39 is 10.0 Å². The summed E-state index contributed by atoms with van der Waals surface area (Å²) >= 11 is 0. The zero-order valence-corrected chi connectivity index (χ0v) is 13.0. The number of ether oxygens (including phenoxy) is 1. The van der Waals surface area contributed by atoms with Gasteiger partial charge in [-0.15, -0.1) is 0 Å². The number of para-hydroxylation sites is 1. The summed E-state index contributed by atoms with van der Waals surface area (Å²) in [4.78, 5) is 4.31. The molecule has 0 amide bonds. The molecule has 0 saturated carbocycles. The number of rotatable bonds is 6. The third-order valence-electron chi connectivity index (χ3n) is 3.44. The highest BCUT2D eigenvalue weighted by atomic mass is 32.2. The molecule has 0 aliphatic heterocycles. The molecule has 1 aromatic heterocycles. The molecular formula is C15H20N2O3S. The van der Waals surface area contributed by atoms with Gasteiger partial charge in [0.1, 0.15) is 11.3 Å². The third-order valence-corrected chi connectivity index (χ3v) is 4.33. The summed E-state index contributed by atoms with van der Waals surface area (Å²) in [7, 11) is -3.51. The Bertz CT molecular complexity index is 708. The Balaban J connectivity index is 2.16. The second-order valence-electron chi connectivity index (χ2n) is 5.48. The van der Waals surface area contributed by atoms with Crippen LogP contribution in [0.2, 0.25) is 0 Å². The minimum absolute atomic E-state index is 0.0805. The molecule has 114 valence electrons. The number of sulfonamides is 1. The number of pyridine rings is 1. The predicted octanol–water partition coefficient (Wildman–Crippen LogP) is 2.17. The van der Waals surface area contributed by atoms with Gasteiger partial charge < -0.3 is 4.74 Å². The van der Waals surface area contributed by atoms with Crippen molar-refractivity contribution in [2.45, 2.75) is 13.8 Å². The van der Waals surface area contributed by atoms with Crippen LogP contribution in [0.4, 0.5) is 0 Å². The fraction of sp³-hybridized carbons (Fsp3) is 0.400. The van der Waals surface area contributed by atoms with E-state index in [1.807, 2.05) is 44.2 Å². The van der Waals surface area contributed by atoms with Gasteiger partial charge in [0.15, 0.2) is 0 Å². The van der Waals surface area contributed by atoms with Crippen molar-refractivity contribution in [3.8, 4) is 5.75 Å². The second-order valence-corrected chi connectivity index (χ2v) is 7.13. The van der Waals surface area contributed by atoms with Crippen molar-refractivity contribution in [3.63, 3.8) is 0 Å². The lowest BCUT2D eigenvalue weighted by atomic mass is 9.99. The van der Waals surface area contributed by atoms with Gasteiger partial charge in [0, 0.05) is 17.5 Å². The highest BCUT2D eigenvalue weighted by molar-refractivity contribution is 7.89. The van der Waals surface area contributed by atoms with Gasteiger partial charge in [0.2, 0.25) is 10.0 Å². The molecule has 6 heteroatoms. The fourth-order valence-corrected chi connectivity index (χ4v) is 3.20. The number of benzene rings is 1. The van der Waals surface area contributed by atoms with Crippen molar-refractivity contribution in [3.05, 3.63) is 36.5 Å². The highest BCUT2D eigenvalue weighted by Gasteiger charge is 2.20. The van der Waals surface area contributed by atoms with Crippen LogP contribution in [-0.4, -0.2) is 25.8 Å². The first-order chi connectivity index (χ1) is 9.87. The molecule has 2 aromatic rings. The van der Waals surface area contributed by atoms with E-state index in [2.05, 4.69) is 4.98 Å². The second kappa shape index (κ2) is 6.41. The maximum Gasteiger partial charge on any atom is 0.209 e. The first kappa shape index (κ1) is 15.7. The Hall–Kier alpha value is -1.66. The molecule has 1 atom stereocenters. The van der Waals surface area contributed by atoms with Crippen LogP contribution in [0.25, 0.3) is 10.9 Å². The fourth-order valence-electron chi connectivity index (χ4n) is 2.12. The largest absolute Gasteiger partial charge is 0.491 e. The lowest BCUT2D eigenvalue weighted by Crippen LogP contribution is -2.30. The van der Waals surface area contributed by atoms with Crippen molar-refractivity contribution in [2.75, 3.05) is 12.4 Å². The average molecular weight is 308 g/mol. The Labute approximate surface area is 125 Å². The van der Waals surface area contributed by atoms with Gasteiger partial charge in [0.25, 0.3) is 0 Å². The highest BCUT2D eigenvalue weighted by Crippen LogP contribution is 2.24. The number of aromatic nitrogens is 1. The Morgan fingerprint density at radius 1 is 1.24 bits per heavy atom. The van der Waals surface area contributed by atoms with Crippen LogP contribution in [-0.2, 0) is 10.0 Å². The van der Waals surface area contributed by atoms with Gasteiger partial charge in [-0.1, -0.05) is 32.0 Å². The minimum atomic E-state index is -3.51. The molecular weight excluding hydrogens is 288 g/mol. The molecule has 2 rings (SSSR count). The van der Waals surface area contributed by atoms with E-state index in [4.69, 9.17) is 9.88 Å². The summed E-state index contributed by atoms with van der Waals surface area (Å²) in [5.74, 6) is 0.585. The number of primary sulfonamides is 1. The van der Waals surface area contributed by atoms with E-state index in [0.717, 1.165) is 10.9 Å². The number of fused-ring (bicyclic) bond motifs is 1. The lowest BCUT2D eigenvalue weighted by molar-refractivity contribution is 0.226. The van der Waals surface area contributed by atoms with Crippen molar-refractivity contribution >= 4 is 20.9 Å². The van der Waals surface area contributed by atoms with Gasteiger partial charge in [-0.2, -0.15) is 0 Å². The zero-order valence-electron chi connectivity index (χ0n) is 12.2. The number of hydrogen-bond donors (Lipinski definition) is 1. The molecule has 0 aliphatic carbocycles. The number of hydrogen-bond acceptors (Lipinski definition) is 4. The van der Waals surface area contributed by atoms with Crippen molar-refractivity contribution in [1.29, 1.82) is 0 Å². The van der Waals surface area contributed by atoms with E-state index in [0.29, 0.717) is 12.4 Å². The molecule has 0 bridgehead atoms. The molecule has 0 saturated heterocycles. The van der Waals surface area contributed by atoms with Crippen LogP contribution in [0.1, 0.15) is 13.8 Å². The standard InChI is InChI=1S/C15H20N2O3S/c1-11(2)13(10-21(16,18)19)9-20-14-7-3-5-12-6-4-8-17-15(12)14/h3-8,11,13H,9-10H2,1-2H3,(H2,16,18,19). The molecule has 1 unspecified atom stereocenters. The SMILES string of the molecule is CC(C)C(COc1cccc2cccnc12)CS(N)(=O)=O. The molecule has 0 radical (unpaired) electrons. The minimum Gasteiger partial charge on any atom is -0.491 e. The monoisotopic (exact) mass is 308 g/mol. The Morgan fingerprint density at radius 3 is 2.62 bits per heavy atom. The first-order valence-corrected chi connectivity index (χ1v) is 8.55. The van der Waals surface area contributed by atoms with Crippen LogP contribution in [0, 0.1) is 11.8 Å². The maximum absolute atomic E-state index is 11.3. The van der Waals surface area contributed by atoms with Crippen molar-refractivity contribution in [2.24, 2.45) is 17.0 Å². The van der Waals surface area contributed by atoms with Gasteiger partial charge >= 0.3 is 0 Å². The number of nitrogens with zero attached hydrogens (tertiary/aromatic N) is 1. The summed E-state index contributed by atoms with van der Waals surface area (Å²) in [6.45, 7) is 4.21. The van der Waals surface area contributed by atoms with Gasteiger partial charge in [0.05, 0.1) is 12.4 Å². The smallest absolute Gasteiger partial charge is 0.209 e. The van der Waals surface area contributed by atoms with Gasteiger partial charge in [-0.05, 0) is 18.1 Å². The zero-order chi connectivity index (χ0) is 15.5. The molecule has 0 aliphatic rings. The molecule has 2 N–H and O–H groups in total. The van der Waals surface area contributed by atoms with Crippen LogP contribution in [0.3, 0.4) is 0 Å². The first-order valence-electron chi connectivity index (χ1n) is 6.84.